The quantitative estimate of drug-likeness (QED) is 0.868. The lowest BCUT2D eigenvalue weighted by atomic mass is 9.81. The Morgan fingerprint density at radius 2 is 2.00 bits per heavy atom. The third-order valence-electron chi connectivity index (χ3n) is 3.58. The van der Waals surface area contributed by atoms with Gasteiger partial charge in [-0.15, -0.1) is 0 Å². The van der Waals surface area contributed by atoms with Gasteiger partial charge in [-0.3, -0.25) is 5.41 Å². The molecule has 0 amide bonds. The molecule has 124 valence electrons. The second-order valence-electron chi connectivity index (χ2n) is 5.52. The van der Waals surface area contributed by atoms with Crippen LogP contribution in [0.4, 0.5) is 0 Å². The third-order valence-corrected chi connectivity index (χ3v) is 4.49. The average molecular weight is 342 g/mol. The van der Waals surface area contributed by atoms with E-state index in [1.165, 1.54) is 7.11 Å². The van der Waals surface area contributed by atoms with Gasteiger partial charge in [0.25, 0.3) is 0 Å². The Bertz CT molecular complexity index is 774. The molecule has 0 fully saturated rings. The van der Waals surface area contributed by atoms with E-state index in [9.17, 15) is 10.5 Å². The molecule has 0 saturated heterocycles. The molecule has 0 bridgehead atoms. The number of hydrogen-bond acceptors (Lipinski definition) is 7. The van der Waals surface area contributed by atoms with Crippen molar-refractivity contribution in [3.05, 3.63) is 34.4 Å². The number of allylic oxidation sites excluding steroid dienone is 1. The van der Waals surface area contributed by atoms with Crippen molar-refractivity contribution >= 4 is 16.8 Å². The number of methoxy groups -OCH3 is 1. The van der Waals surface area contributed by atoms with Crippen LogP contribution in [0, 0.1) is 34.0 Å². The number of nitriles is 2. The van der Waals surface area contributed by atoms with Gasteiger partial charge in [0.1, 0.15) is 5.92 Å². The van der Waals surface area contributed by atoms with Crippen LogP contribution in [-0.2, 0) is 0 Å². The molecule has 0 aliphatic carbocycles. The zero-order chi connectivity index (χ0) is 17.9. The summed E-state index contributed by atoms with van der Waals surface area (Å²) < 4.78 is 11.1. The molecular weight excluding hydrogens is 324 g/mol. The highest BCUT2D eigenvalue weighted by Crippen LogP contribution is 2.44. The summed E-state index contributed by atoms with van der Waals surface area (Å²) in [6, 6.07) is 9.47. The molecule has 0 saturated carbocycles. The predicted octanol–water partition coefficient (Wildman–Crippen LogP) is 3.12. The van der Waals surface area contributed by atoms with E-state index in [1.54, 1.807) is 18.2 Å². The van der Waals surface area contributed by atoms with E-state index >= 15 is 0 Å². The minimum absolute atomic E-state index is 0.0129. The molecule has 1 heterocycles. The van der Waals surface area contributed by atoms with Crippen LogP contribution in [-0.4, -0.2) is 18.3 Å². The maximum atomic E-state index is 9.46. The van der Waals surface area contributed by atoms with Crippen molar-refractivity contribution in [3.63, 3.8) is 0 Å². The van der Waals surface area contributed by atoms with Crippen molar-refractivity contribution < 1.29 is 9.47 Å². The summed E-state index contributed by atoms with van der Waals surface area (Å²) in [5.41, 5.74) is 6.91. The van der Waals surface area contributed by atoms with Crippen LogP contribution >= 0.6 is 11.8 Å². The van der Waals surface area contributed by atoms with Crippen LogP contribution in [0.25, 0.3) is 0 Å². The minimum Gasteiger partial charge on any atom is -0.493 e. The van der Waals surface area contributed by atoms with E-state index in [1.807, 2.05) is 13.8 Å². The van der Waals surface area contributed by atoms with Crippen molar-refractivity contribution in [2.45, 2.75) is 25.9 Å². The summed E-state index contributed by atoms with van der Waals surface area (Å²) in [6.07, 6.45) is -0.0129. The number of benzene rings is 1. The zero-order valence-corrected chi connectivity index (χ0v) is 14.5. The van der Waals surface area contributed by atoms with E-state index in [2.05, 4.69) is 12.1 Å². The van der Waals surface area contributed by atoms with Gasteiger partial charge in [-0.25, -0.2) is 0 Å². The molecule has 2 atom stereocenters. The molecule has 2 rings (SSSR count). The fourth-order valence-electron chi connectivity index (χ4n) is 2.55. The Balaban J connectivity index is 2.55. The lowest BCUT2D eigenvalue weighted by Gasteiger charge is -2.28. The fourth-order valence-corrected chi connectivity index (χ4v) is 3.39. The number of nitrogens with zero attached hydrogens (tertiary/aromatic N) is 2. The standard InChI is InChI=1S/C17H18N4O2S/c1-9(2)23-13-5-4-10(6-14(13)22-3)15-11(7-18)16(20)24-17(21)12(15)8-19/h4-6,9,11,15,20H,21H2,1-3H3/t11-,15+/m0/s1. The molecule has 7 heteroatoms. The smallest absolute Gasteiger partial charge is 0.161 e. The first-order valence-corrected chi connectivity index (χ1v) is 8.14. The van der Waals surface area contributed by atoms with Gasteiger partial charge in [-0.05, 0) is 31.5 Å². The third kappa shape index (κ3) is 3.32. The maximum Gasteiger partial charge on any atom is 0.161 e. The SMILES string of the molecule is COc1cc([C@H]2C(C#N)=C(N)SC(=N)[C@H]2C#N)ccc1OC(C)C. The molecule has 1 aliphatic rings. The highest BCUT2D eigenvalue weighted by molar-refractivity contribution is 8.17. The Morgan fingerprint density at radius 3 is 2.54 bits per heavy atom. The van der Waals surface area contributed by atoms with E-state index in [-0.39, 0.29) is 16.2 Å². The monoisotopic (exact) mass is 342 g/mol. The van der Waals surface area contributed by atoms with E-state index in [4.69, 9.17) is 20.6 Å². The molecular formula is C17H18N4O2S. The number of ether oxygens (including phenoxy) is 2. The fraction of sp³-hybridized carbons (Fsp3) is 0.353. The van der Waals surface area contributed by atoms with Crippen molar-refractivity contribution in [1.29, 1.82) is 15.9 Å². The molecule has 0 aromatic heterocycles. The van der Waals surface area contributed by atoms with Gasteiger partial charge in [-0.2, -0.15) is 10.5 Å². The van der Waals surface area contributed by atoms with Crippen molar-refractivity contribution in [1.82, 2.24) is 0 Å². The molecule has 0 unspecified atom stereocenters. The summed E-state index contributed by atoms with van der Waals surface area (Å²) in [7, 11) is 1.53. The zero-order valence-electron chi connectivity index (χ0n) is 13.7. The summed E-state index contributed by atoms with van der Waals surface area (Å²) in [6.45, 7) is 3.83. The van der Waals surface area contributed by atoms with Gasteiger partial charge >= 0.3 is 0 Å². The van der Waals surface area contributed by atoms with Crippen LogP contribution in [0.5, 0.6) is 11.5 Å². The lowest BCUT2D eigenvalue weighted by molar-refractivity contribution is 0.230. The number of thioether (sulfide) groups is 1. The van der Waals surface area contributed by atoms with Crippen molar-refractivity contribution in [3.8, 4) is 23.6 Å². The second-order valence-corrected chi connectivity index (χ2v) is 6.60. The topological polar surface area (TPSA) is 116 Å². The number of rotatable bonds is 4. The number of hydrogen-bond donors (Lipinski definition) is 2. The molecule has 0 spiro atoms. The first-order valence-electron chi connectivity index (χ1n) is 7.33. The molecule has 6 nitrogen and oxygen atoms in total. The highest BCUT2D eigenvalue weighted by Gasteiger charge is 2.37. The molecule has 1 aliphatic heterocycles. The summed E-state index contributed by atoms with van der Waals surface area (Å²) in [5, 5.41) is 27.3. The predicted molar refractivity (Wildman–Crippen MR) is 92.7 cm³/mol. The Hall–Kier alpha value is -2.64. The molecule has 0 radical (unpaired) electrons. The first kappa shape index (κ1) is 17.7. The maximum absolute atomic E-state index is 9.46. The van der Waals surface area contributed by atoms with Gasteiger partial charge in [0.05, 0.1) is 41.0 Å². The van der Waals surface area contributed by atoms with Crippen molar-refractivity contribution in [2.24, 2.45) is 11.7 Å². The molecule has 1 aromatic rings. The van der Waals surface area contributed by atoms with Crippen LogP contribution in [0.3, 0.4) is 0 Å². The van der Waals surface area contributed by atoms with Gasteiger partial charge < -0.3 is 15.2 Å². The molecule has 3 N–H and O–H groups in total. The largest absolute Gasteiger partial charge is 0.493 e. The number of nitrogens with one attached hydrogen (secondary N) is 1. The van der Waals surface area contributed by atoms with Gasteiger partial charge in [0.2, 0.25) is 0 Å². The summed E-state index contributed by atoms with van der Waals surface area (Å²) in [5.74, 6) is -0.242. The average Bonchev–Trinajstić information content (AvgIpc) is 2.54. The van der Waals surface area contributed by atoms with Crippen LogP contribution in [0.15, 0.2) is 28.8 Å². The highest BCUT2D eigenvalue weighted by atomic mass is 32.2. The molecule has 1 aromatic carbocycles. The van der Waals surface area contributed by atoms with Gasteiger partial charge in [-0.1, -0.05) is 17.8 Å². The van der Waals surface area contributed by atoms with Crippen LogP contribution in [0.2, 0.25) is 0 Å². The Morgan fingerprint density at radius 1 is 1.29 bits per heavy atom. The minimum atomic E-state index is -0.751. The Kier molecular flexibility index (Phi) is 5.38. The van der Waals surface area contributed by atoms with E-state index in [0.717, 1.165) is 11.8 Å². The van der Waals surface area contributed by atoms with Gasteiger partial charge in [0.15, 0.2) is 11.5 Å². The Labute approximate surface area is 145 Å². The summed E-state index contributed by atoms with van der Waals surface area (Å²) in [4.78, 5) is 0. The first-order chi connectivity index (χ1) is 11.4. The summed E-state index contributed by atoms with van der Waals surface area (Å²) >= 11 is 0.966. The normalized spacial score (nSPS) is 20.5. The van der Waals surface area contributed by atoms with Crippen LogP contribution in [0.1, 0.15) is 25.3 Å². The van der Waals surface area contributed by atoms with Gasteiger partial charge in [0, 0.05) is 5.92 Å². The number of nitrogens with two attached hydrogens (primary N) is 1. The van der Waals surface area contributed by atoms with Crippen molar-refractivity contribution in [2.75, 3.05) is 7.11 Å². The van der Waals surface area contributed by atoms with Crippen LogP contribution < -0.4 is 15.2 Å². The van der Waals surface area contributed by atoms with E-state index in [0.29, 0.717) is 22.6 Å². The molecule has 24 heavy (non-hydrogen) atoms. The lowest BCUT2D eigenvalue weighted by Crippen LogP contribution is -2.26. The van der Waals surface area contributed by atoms with E-state index < -0.39 is 11.8 Å². The second kappa shape index (κ2) is 7.29.